The standard InChI is InChI=1S/C13H24N4O/c1-9(10-5-6-10)7-14-12-17-16-11(18-12)8-15-13(2,3)4/h9-10,15H,5-8H2,1-4H3,(H,14,17). The van der Waals surface area contributed by atoms with Crippen LogP contribution in [0.25, 0.3) is 0 Å². The normalized spacial score (nSPS) is 17.8. The molecule has 5 heteroatoms. The van der Waals surface area contributed by atoms with Gasteiger partial charge in [0.2, 0.25) is 5.89 Å². The maximum absolute atomic E-state index is 5.53. The van der Waals surface area contributed by atoms with Gasteiger partial charge in [0, 0.05) is 12.1 Å². The first-order chi connectivity index (χ1) is 8.44. The minimum Gasteiger partial charge on any atom is -0.407 e. The largest absolute Gasteiger partial charge is 0.407 e. The number of hydrogen-bond acceptors (Lipinski definition) is 5. The molecule has 0 amide bonds. The quantitative estimate of drug-likeness (QED) is 0.814. The van der Waals surface area contributed by atoms with Crippen molar-refractivity contribution in [3.63, 3.8) is 0 Å². The number of aromatic nitrogens is 2. The first-order valence-electron chi connectivity index (χ1n) is 6.75. The summed E-state index contributed by atoms with van der Waals surface area (Å²) in [7, 11) is 0. The Labute approximate surface area is 109 Å². The Morgan fingerprint density at radius 2 is 2.06 bits per heavy atom. The minimum atomic E-state index is 0.0581. The van der Waals surface area contributed by atoms with E-state index in [0.717, 1.165) is 12.5 Å². The number of anilines is 1. The molecule has 18 heavy (non-hydrogen) atoms. The third-order valence-corrected chi connectivity index (χ3v) is 3.24. The number of nitrogens with one attached hydrogen (secondary N) is 2. The van der Waals surface area contributed by atoms with Crippen LogP contribution in [-0.2, 0) is 6.54 Å². The van der Waals surface area contributed by atoms with E-state index in [9.17, 15) is 0 Å². The predicted octanol–water partition coefficient (Wildman–Crippen LogP) is 2.42. The second-order valence-corrected chi connectivity index (χ2v) is 6.30. The summed E-state index contributed by atoms with van der Waals surface area (Å²) in [4.78, 5) is 0. The molecular weight excluding hydrogens is 228 g/mol. The maximum Gasteiger partial charge on any atom is 0.315 e. The average Bonchev–Trinajstić information content (AvgIpc) is 3.03. The van der Waals surface area contributed by atoms with E-state index in [0.29, 0.717) is 24.4 Å². The van der Waals surface area contributed by atoms with Gasteiger partial charge in [-0.25, -0.2) is 0 Å². The Morgan fingerprint density at radius 3 is 2.67 bits per heavy atom. The SMILES string of the molecule is CC(CNc1nnc(CNC(C)(C)C)o1)C1CC1. The summed E-state index contributed by atoms with van der Waals surface area (Å²) in [6.45, 7) is 10.1. The van der Waals surface area contributed by atoms with Gasteiger partial charge in [-0.1, -0.05) is 12.0 Å². The molecule has 0 bridgehead atoms. The lowest BCUT2D eigenvalue weighted by molar-refractivity contribution is 0.383. The monoisotopic (exact) mass is 252 g/mol. The van der Waals surface area contributed by atoms with Crippen molar-refractivity contribution in [2.75, 3.05) is 11.9 Å². The van der Waals surface area contributed by atoms with E-state index in [1.165, 1.54) is 12.8 Å². The van der Waals surface area contributed by atoms with Crippen LogP contribution in [0.2, 0.25) is 0 Å². The molecule has 1 aromatic rings. The highest BCUT2D eigenvalue weighted by molar-refractivity contribution is 5.17. The van der Waals surface area contributed by atoms with Crippen molar-refractivity contribution in [3.8, 4) is 0 Å². The van der Waals surface area contributed by atoms with E-state index in [-0.39, 0.29) is 5.54 Å². The van der Waals surface area contributed by atoms with Crippen LogP contribution in [0.5, 0.6) is 0 Å². The van der Waals surface area contributed by atoms with Crippen LogP contribution < -0.4 is 10.6 Å². The Bertz CT molecular complexity index is 379. The summed E-state index contributed by atoms with van der Waals surface area (Å²) < 4.78 is 5.53. The van der Waals surface area contributed by atoms with Gasteiger partial charge in [-0.05, 0) is 45.4 Å². The van der Waals surface area contributed by atoms with Crippen molar-refractivity contribution < 1.29 is 4.42 Å². The van der Waals surface area contributed by atoms with Crippen LogP contribution >= 0.6 is 0 Å². The zero-order valence-corrected chi connectivity index (χ0v) is 11.8. The molecule has 1 unspecified atom stereocenters. The fourth-order valence-electron chi connectivity index (χ4n) is 1.82. The Balaban J connectivity index is 1.75. The number of rotatable bonds is 6. The first kappa shape index (κ1) is 13.3. The van der Waals surface area contributed by atoms with Gasteiger partial charge < -0.3 is 15.1 Å². The van der Waals surface area contributed by atoms with Crippen molar-refractivity contribution in [1.82, 2.24) is 15.5 Å². The van der Waals surface area contributed by atoms with Crippen molar-refractivity contribution in [3.05, 3.63) is 5.89 Å². The molecule has 1 fully saturated rings. The Morgan fingerprint density at radius 1 is 1.33 bits per heavy atom. The van der Waals surface area contributed by atoms with E-state index >= 15 is 0 Å². The highest BCUT2D eigenvalue weighted by Gasteiger charge is 2.27. The second kappa shape index (κ2) is 5.26. The summed E-state index contributed by atoms with van der Waals surface area (Å²) in [5.41, 5.74) is 0.0581. The van der Waals surface area contributed by atoms with E-state index < -0.39 is 0 Å². The van der Waals surface area contributed by atoms with Gasteiger partial charge in [-0.2, -0.15) is 0 Å². The van der Waals surface area contributed by atoms with Crippen LogP contribution in [0.4, 0.5) is 6.01 Å². The molecule has 0 aromatic carbocycles. The lowest BCUT2D eigenvalue weighted by Crippen LogP contribution is -2.35. The van der Waals surface area contributed by atoms with Crippen LogP contribution in [0, 0.1) is 11.8 Å². The summed E-state index contributed by atoms with van der Waals surface area (Å²) in [6.07, 6.45) is 2.74. The molecule has 1 saturated carbocycles. The summed E-state index contributed by atoms with van der Waals surface area (Å²) in [6, 6.07) is 0.535. The molecule has 1 aliphatic rings. The summed E-state index contributed by atoms with van der Waals surface area (Å²) in [5, 5.41) is 14.6. The van der Waals surface area contributed by atoms with E-state index in [4.69, 9.17) is 4.42 Å². The van der Waals surface area contributed by atoms with E-state index in [1.807, 2.05) is 0 Å². The van der Waals surface area contributed by atoms with E-state index in [1.54, 1.807) is 0 Å². The Kier molecular flexibility index (Phi) is 3.90. The van der Waals surface area contributed by atoms with Crippen LogP contribution in [0.15, 0.2) is 4.42 Å². The smallest absolute Gasteiger partial charge is 0.315 e. The molecule has 0 aliphatic heterocycles. The molecule has 2 N–H and O–H groups in total. The zero-order valence-electron chi connectivity index (χ0n) is 11.8. The van der Waals surface area contributed by atoms with Crippen LogP contribution in [0.3, 0.4) is 0 Å². The molecule has 2 rings (SSSR count). The molecular formula is C13H24N4O. The maximum atomic E-state index is 5.53. The Hall–Kier alpha value is -1.10. The number of nitrogens with zero attached hydrogens (tertiary/aromatic N) is 2. The molecule has 0 saturated heterocycles. The van der Waals surface area contributed by atoms with Gasteiger partial charge in [-0.15, -0.1) is 5.10 Å². The molecule has 0 radical (unpaired) electrons. The van der Waals surface area contributed by atoms with Gasteiger partial charge >= 0.3 is 6.01 Å². The number of hydrogen-bond donors (Lipinski definition) is 2. The van der Waals surface area contributed by atoms with Crippen molar-refractivity contribution >= 4 is 6.01 Å². The molecule has 1 heterocycles. The lowest BCUT2D eigenvalue weighted by Gasteiger charge is -2.18. The second-order valence-electron chi connectivity index (χ2n) is 6.30. The van der Waals surface area contributed by atoms with Crippen molar-refractivity contribution in [1.29, 1.82) is 0 Å². The summed E-state index contributed by atoms with van der Waals surface area (Å²) in [5.74, 6) is 2.21. The van der Waals surface area contributed by atoms with Gasteiger partial charge in [0.15, 0.2) is 0 Å². The van der Waals surface area contributed by atoms with Gasteiger partial charge in [-0.3, -0.25) is 0 Å². The highest BCUT2D eigenvalue weighted by atomic mass is 16.4. The first-order valence-corrected chi connectivity index (χ1v) is 6.75. The zero-order chi connectivity index (χ0) is 13.2. The van der Waals surface area contributed by atoms with Crippen molar-refractivity contribution in [2.45, 2.75) is 52.6 Å². The molecule has 1 atom stereocenters. The van der Waals surface area contributed by atoms with Gasteiger partial charge in [0.1, 0.15) is 0 Å². The summed E-state index contributed by atoms with van der Waals surface area (Å²) >= 11 is 0. The third kappa shape index (κ3) is 4.29. The average molecular weight is 252 g/mol. The van der Waals surface area contributed by atoms with Crippen LogP contribution in [0.1, 0.15) is 46.4 Å². The lowest BCUT2D eigenvalue weighted by atomic mass is 10.1. The molecule has 102 valence electrons. The fraction of sp³-hybridized carbons (Fsp3) is 0.846. The van der Waals surface area contributed by atoms with Gasteiger partial charge in [0.25, 0.3) is 0 Å². The van der Waals surface area contributed by atoms with Gasteiger partial charge in [0.05, 0.1) is 6.54 Å². The minimum absolute atomic E-state index is 0.0581. The molecule has 0 spiro atoms. The fourth-order valence-corrected chi connectivity index (χ4v) is 1.82. The topological polar surface area (TPSA) is 63.0 Å². The highest BCUT2D eigenvalue weighted by Crippen LogP contribution is 2.36. The van der Waals surface area contributed by atoms with E-state index in [2.05, 4.69) is 48.5 Å². The predicted molar refractivity (Wildman–Crippen MR) is 71.3 cm³/mol. The van der Waals surface area contributed by atoms with Crippen molar-refractivity contribution in [2.24, 2.45) is 11.8 Å². The molecule has 5 nitrogen and oxygen atoms in total. The molecule has 1 aromatic heterocycles. The molecule has 1 aliphatic carbocycles. The third-order valence-electron chi connectivity index (χ3n) is 3.24. The van der Waals surface area contributed by atoms with Crippen LogP contribution in [-0.4, -0.2) is 22.3 Å².